The molecule has 3 amide bonds. The van der Waals surface area contributed by atoms with E-state index in [2.05, 4.69) is 10.6 Å². The molecule has 1 heterocycles. The van der Waals surface area contributed by atoms with Crippen molar-refractivity contribution in [1.82, 2.24) is 15.5 Å². The molecular formula is C19H26FN3O2. The first-order valence-electron chi connectivity index (χ1n) is 9.19. The smallest absolute Gasteiger partial charge is 0.315 e. The number of nitrogens with zero attached hydrogens (tertiary/aromatic N) is 1. The third kappa shape index (κ3) is 4.94. The summed E-state index contributed by atoms with van der Waals surface area (Å²) >= 11 is 0. The molecule has 1 aliphatic carbocycles. The Labute approximate surface area is 148 Å². The van der Waals surface area contributed by atoms with Crippen LogP contribution in [0.3, 0.4) is 0 Å². The lowest BCUT2D eigenvalue weighted by molar-refractivity contribution is -0.135. The summed E-state index contributed by atoms with van der Waals surface area (Å²) in [7, 11) is 0. The van der Waals surface area contributed by atoms with Crippen molar-refractivity contribution in [3.63, 3.8) is 0 Å². The molecule has 2 fully saturated rings. The minimum atomic E-state index is -0.313. The van der Waals surface area contributed by atoms with Crippen LogP contribution in [0.1, 0.15) is 44.1 Å². The van der Waals surface area contributed by atoms with Crippen molar-refractivity contribution in [1.29, 1.82) is 0 Å². The second-order valence-corrected chi connectivity index (χ2v) is 7.06. The quantitative estimate of drug-likeness (QED) is 0.880. The van der Waals surface area contributed by atoms with Crippen LogP contribution in [0.25, 0.3) is 0 Å². The molecule has 3 rings (SSSR count). The summed E-state index contributed by atoms with van der Waals surface area (Å²) in [6.07, 6.45) is 6.32. The van der Waals surface area contributed by atoms with Gasteiger partial charge in [0.25, 0.3) is 0 Å². The van der Waals surface area contributed by atoms with E-state index in [1.165, 1.54) is 18.6 Å². The van der Waals surface area contributed by atoms with E-state index < -0.39 is 0 Å². The summed E-state index contributed by atoms with van der Waals surface area (Å²) in [5.74, 6) is 0.117. The van der Waals surface area contributed by atoms with E-state index in [1.54, 1.807) is 12.1 Å². The highest BCUT2D eigenvalue weighted by atomic mass is 19.1. The normalized spacial score (nSPS) is 21.2. The predicted octanol–water partition coefficient (Wildman–Crippen LogP) is 2.81. The molecule has 5 nitrogen and oxygen atoms in total. The van der Waals surface area contributed by atoms with Crippen LogP contribution >= 0.6 is 0 Å². The van der Waals surface area contributed by atoms with E-state index in [-0.39, 0.29) is 36.3 Å². The number of urea groups is 1. The number of halogens is 1. The van der Waals surface area contributed by atoms with E-state index in [9.17, 15) is 14.0 Å². The summed E-state index contributed by atoms with van der Waals surface area (Å²) in [5.41, 5.74) is 0.718. The zero-order valence-electron chi connectivity index (χ0n) is 14.5. The second kappa shape index (κ2) is 8.32. The maximum Gasteiger partial charge on any atom is 0.315 e. The Kier molecular flexibility index (Phi) is 5.89. The molecule has 0 radical (unpaired) electrons. The molecular weight excluding hydrogens is 321 g/mol. The number of likely N-dealkylation sites (tertiary alicyclic amines) is 1. The number of amides is 3. The Hall–Kier alpha value is -2.11. The van der Waals surface area contributed by atoms with Crippen molar-refractivity contribution < 1.29 is 14.0 Å². The first-order valence-corrected chi connectivity index (χ1v) is 9.19. The van der Waals surface area contributed by atoms with Crippen LogP contribution in [-0.4, -0.2) is 36.0 Å². The molecule has 2 N–H and O–H groups in total. The highest BCUT2D eigenvalue weighted by molar-refractivity contribution is 5.79. The number of carbonyl (C=O) groups excluding carboxylic acids is 2. The first-order chi connectivity index (χ1) is 12.1. The first kappa shape index (κ1) is 17.7. The number of rotatable bonds is 4. The van der Waals surface area contributed by atoms with Crippen LogP contribution in [0.15, 0.2) is 24.3 Å². The van der Waals surface area contributed by atoms with Crippen LogP contribution in [0.4, 0.5) is 9.18 Å². The lowest BCUT2D eigenvalue weighted by atomic mass is 9.88. The van der Waals surface area contributed by atoms with Gasteiger partial charge in [0.05, 0.1) is 0 Å². The molecule has 0 aromatic heterocycles. The lowest BCUT2D eigenvalue weighted by Crippen LogP contribution is -2.44. The van der Waals surface area contributed by atoms with Gasteiger partial charge in [0.2, 0.25) is 5.91 Å². The maximum absolute atomic E-state index is 13.1. The largest absolute Gasteiger partial charge is 0.340 e. The average Bonchev–Trinajstić information content (AvgIpc) is 3.08. The summed E-state index contributed by atoms with van der Waals surface area (Å²) in [5, 5.41) is 5.65. The van der Waals surface area contributed by atoms with Crippen LogP contribution in [0, 0.1) is 11.7 Å². The maximum atomic E-state index is 13.1. The third-order valence-electron chi connectivity index (χ3n) is 5.13. The Morgan fingerprint density at radius 3 is 2.72 bits per heavy atom. The van der Waals surface area contributed by atoms with E-state index in [0.29, 0.717) is 13.1 Å². The van der Waals surface area contributed by atoms with Gasteiger partial charge in [0, 0.05) is 31.6 Å². The summed E-state index contributed by atoms with van der Waals surface area (Å²) in [6.45, 7) is 1.58. The van der Waals surface area contributed by atoms with Crippen molar-refractivity contribution in [2.24, 2.45) is 5.92 Å². The molecule has 0 unspecified atom stereocenters. The van der Waals surface area contributed by atoms with Crippen molar-refractivity contribution in [2.75, 3.05) is 13.1 Å². The minimum Gasteiger partial charge on any atom is -0.340 e. The van der Waals surface area contributed by atoms with E-state index in [4.69, 9.17) is 0 Å². The second-order valence-electron chi connectivity index (χ2n) is 7.06. The van der Waals surface area contributed by atoms with Gasteiger partial charge in [-0.25, -0.2) is 9.18 Å². The van der Waals surface area contributed by atoms with E-state index in [0.717, 1.165) is 37.7 Å². The van der Waals surface area contributed by atoms with E-state index >= 15 is 0 Å². The number of carbonyl (C=O) groups is 2. The fraction of sp³-hybridized carbons (Fsp3) is 0.579. The molecule has 0 bridgehead atoms. The van der Waals surface area contributed by atoms with Gasteiger partial charge in [-0.1, -0.05) is 31.4 Å². The monoisotopic (exact) mass is 347 g/mol. The third-order valence-corrected chi connectivity index (χ3v) is 5.13. The number of benzene rings is 1. The van der Waals surface area contributed by atoms with Crippen molar-refractivity contribution in [3.8, 4) is 0 Å². The average molecular weight is 347 g/mol. The van der Waals surface area contributed by atoms with Gasteiger partial charge in [0.15, 0.2) is 0 Å². The Balaban J connectivity index is 1.41. The standard InChI is InChI=1S/C19H26FN3O2/c20-16-8-4-5-14(11-16)12-21-19(25)22-17-9-10-23(13-17)18(24)15-6-2-1-3-7-15/h4-5,8,11,15,17H,1-3,6-7,9-10,12-13H2,(H2,21,22,25)/t17-/m1/s1. The fourth-order valence-electron chi connectivity index (χ4n) is 3.75. The minimum absolute atomic E-state index is 0.0138. The predicted molar refractivity (Wildman–Crippen MR) is 93.3 cm³/mol. The lowest BCUT2D eigenvalue weighted by Gasteiger charge is -2.26. The molecule has 136 valence electrons. The number of hydrogen-bond acceptors (Lipinski definition) is 2. The Morgan fingerprint density at radius 2 is 1.96 bits per heavy atom. The van der Waals surface area contributed by atoms with Crippen LogP contribution in [0.2, 0.25) is 0 Å². The SMILES string of the molecule is O=C(NCc1cccc(F)c1)N[C@@H]1CCN(C(=O)C2CCCCC2)C1. The van der Waals surface area contributed by atoms with Gasteiger partial charge in [-0.3, -0.25) is 4.79 Å². The van der Waals surface area contributed by atoms with Crippen molar-refractivity contribution in [3.05, 3.63) is 35.6 Å². The highest BCUT2D eigenvalue weighted by Crippen LogP contribution is 2.26. The van der Waals surface area contributed by atoms with Gasteiger partial charge in [-0.05, 0) is 37.0 Å². The van der Waals surface area contributed by atoms with Crippen LogP contribution < -0.4 is 10.6 Å². The summed E-state index contributed by atoms with van der Waals surface area (Å²) in [6, 6.07) is 5.88. The molecule has 1 aliphatic heterocycles. The topological polar surface area (TPSA) is 61.4 Å². The zero-order valence-corrected chi connectivity index (χ0v) is 14.5. The molecule has 25 heavy (non-hydrogen) atoms. The van der Waals surface area contributed by atoms with Crippen LogP contribution in [-0.2, 0) is 11.3 Å². The summed E-state index contributed by atoms with van der Waals surface area (Å²) in [4.78, 5) is 26.4. The molecule has 1 atom stereocenters. The number of hydrogen-bond donors (Lipinski definition) is 2. The Bertz CT molecular complexity index is 616. The molecule has 1 saturated carbocycles. The van der Waals surface area contributed by atoms with Crippen molar-refractivity contribution >= 4 is 11.9 Å². The Morgan fingerprint density at radius 1 is 1.16 bits per heavy atom. The molecule has 1 saturated heterocycles. The van der Waals surface area contributed by atoms with Gasteiger partial charge in [-0.15, -0.1) is 0 Å². The molecule has 1 aromatic rings. The van der Waals surface area contributed by atoms with Crippen molar-refractivity contribution in [2.45, 2.75) is 51.1 Å². The van der Waals surface area contributed by atoms with Gasteiger partial charge in [-0.2, -0.15) is 0 Å². The fourth-order valence-corrected chi connectivity index (χ4v) is 3.75. The molecule has 1 aromatic carbocycles. The number of nitrogens with one attached hydrogen (secondary N) is 2. The van der Waals surface area contributed by atoms with E-state index in [1.807, 2.05) is 4.90 Å². The van der Waals surface area contributed by atoms with Gasteiger partial charge >= 0.3 is 6.03 Å². The zero-order chi connectivity index (χ0) is 17.6. The summed E-state index contributed by atoms with van der Waals surface area (Å²) < 4.78 is 13.1. The molecule has 0 spiro atoms. The van der Waals surface area contributed by atoms with Crippen LogP contribution in [0.5, 0.6) is 0 Å². The molecule has 6 heteroatoms. The molecule has 2 aliphatic rings. The van der Waals surface area contributed by atoms with Gasteiger partial charge < -0.3 is 15.5 Å². The van der Waals surface area contributed by atoms with Gasteiger partial charge in [0.1, 0.15) is 5.82 Å². The highest BCUT2D eigenvalue weighted by Gasteiger charge is 2.31.